The molecule has 7 nitrogen and oxygen atoms in total. The minimum atomic E-state index is -0.687. The van der Waals surface area contributed by atoms with Crippen LogP contribution in [0.1, 0.15) is 18.7 Å². The fourth-order valence-corrected chi connectivity index (χ4v) is 2.87. The van der Waals surface area contributed by atoms with Gasteiger partial charge >= 0.3 is 5.76 Å². The monoisotopic (exact) mass is 336 g/mol. The molecule has 1 aromatic carbocycles. The first-order valence-corrected chi connectivity index (χ1v) is 7.94. The molecule has 1 unspecified atom stereocenters. The molecule has 0 saturated carbocycles. The van der Waals surface area contributed by atoms with Gasteiger partial charge in [0.05, 0.1) is 17.8 Å². The molecule has 0 bridgehead atoms. The van der Waals surface area contributed by atoms with E-state index in [9.17, 15) is 9.59 Å². The molecular weight excluding hydrogens is 320 g/mol. The van der Waals surface area contributed by atoms with Crippen LogP contribution in [0.3, 0.4) is 0 Å². The van der Waals surface area contributed by atoms with Crippen molar-refractivity contribution < 1.29 is 9.21 Å². The van der Waals surface area contributed by atoms with Gasteiger partial charge in [0.2, 0.25) is 5.91 Å². The van der Waals surface area contributed by atoms with E-state index in [4.69, 9.17) is 4.42 Å². The Bertz CT molecular complexity index is 1090. The van der Waals surface area contributed by atoms with Crippen molar-refractivity contribution in [1.29, 1.82) is 0 Å². The van der Waals surface area contributed by atoms with E-state index in [2.05, 4.69) is 10.3 Å². The van der Waals surface area contributed by atoms with Gasteiger partial charge < -0.3 is 14.1 Å². The first-order valence-electron chi connectivity index (χ1n) is 7.94. The zero-order valence-corrected chi connectivity index (χ0v) is 13.5. The van der Waals surface area contributed by atoms with Crippen LogP contribution in [-0.2, 0) is 11.3 Å². The Kier molecular flexibility index (Phi) is 3.61. The van der Waals surface area contributed by atoms with Gasteiger partial charge in [-0.05, 0) is 31.2 Å². The van der Waals surface area contributed by atoms with Gasteiger partial charge in [-0.25, -0.2) is 9.78 Å². The Balaban J connectivity index is 1.54. The molecule has 1 atom stereocenters. The zero-order chi connectivity index (χ0) is 17.4. The molecule has 0 aliphatic rings. The van der Waals surface area contributed by atoms with Crippen LogP contribution in [0.25, 0.3) is 16.7 Å². The number of carbonyl (C=O) groups excluding carboxylic acids is 1. The van der Waals surface area contributed by atoms with Crippen molar-refractivity contribution in [3.63, 3.8) is 0 Å². The molecule has 3 aromatic heterocycles. The van der Waals surface area contributed by atoms with Crippen LogP contribution in [-0.4, -0.2) is 19.9 Å². The molecule has 25 heavy (non-hydrogen) atoms. The standard InChI is InChI=1S/C18H16N4O3/c1-12(22-14-6-2-3-7-15(14)25-18(22)24)17(23)19-10-13-11-21-9-5-4-8-16(21)20-13/h2-9,11-12H,10H2,1H3,(H,19,23). The molecule has 1 amide bonds. The molecule has 4 aromatic rings. The summed E-state index contributed by atoms with van der Waals surface area (Å²) in [7, 11) is 0. The Labute approximate surface area is 142 Å². The van der Waals surface area contributed by atoms with E-state index >= 15 is 0 Å². The van der Waals surface area contributed by atoms with Crippen molar-refractivity contribution in [2.75, 3.05) is 0 Å². The summed E-state index contributed by atoms with van der Waals surface area (Å²) in [5, 5.41) is 2.82. The molecular formula is C18H16N4O3. The Morgan fingerprint density at radius 3 is 2.88 bits per heavy atom. The fourth-order valence-electron chi connectivity index (χ4n) is 2.87. The molecule has 0 spiro atoms. The van der Waals surface area contributed by atoms with Crippen molar-refractivity contribution in [2.45, 2.75) is 19.5 Å². The second kappa shape index (κ2) is 5.94. The summed E-state index contributed by atoms with van der Waals surface area (Å²) < 4.78 is 8.43. The highest BCUT2D eigenvalue weighted by Gasteiger charge is 2.21. The number of benzene rings is 1. The van der Waals surface area contributed by atoms with Crippen LogP contribution in [0.5, 0.6) is 0 Å². The van der Waals surface area contributed by atoms with E-state index in [1.165, 1.54) is 4.57 Å². The molecule has 3 heterocycles. The highest BCUT2D eigenvalue weighted by molar-refractivity contribution is 5.82. The molecule has 0 saturated heterocycles. The van der Waals surface area contributed by atoms with Crippen LogP contribution in [0.2, 0.25) is 0 Å². The lowest BCUT2D eigenvalue weighted by molar-refractivity contribution is -0.124. The second-order valence-corrected chi connectivity index (χ2v) is 5.80. The predicted octanol–water partition coefficient (Wildman–Crippen LogP) is 2.12. The van der Waals surface area contributed by atoms with Gasteiger partial charge in [-0.2, -0.15) is 0 Å². The van der Waals surface area contributed by atoms with Crippen LogP contribution >= 0.6 is 0 Å². The summed E-state index contributed by atoms with van der Waals surface area (Å²) in [4.78, 5) is 29.0. The van der Waals surface area contributed by atoms with Crippen LogP contribution in [0.4, 0.5) is 0 Å². The third-order valence-electron chi connectivity index (χ3n) is 4.14. The van der Waals surface area contributed by atoms with E-state index in [1.54, 1.807) is 31.2 Å². The molecule has 7 heteroatoms. The SMILES string of the molecule is CC(C(=O)NCc1cn2ccccc2n1)n1c(=O)oc2ccccc21. The highest BCUT2D eigenvalue weighted by atomic mass is 16.4. The third kappa shape index (κ3) is 2.69. The van der Waals surface area contributed by atoms with E-state index in [-0.39, 0.29) is 12.5 Å². The van der Waals surface area contributed by atoms with Gasteiger partial charge in [-0.1, -0.05) is 18.2 Å². The number of imidazole rings is 1. The van der Waals surface area contributed by atoms with Crippen molar-refractivity contribution >= 4 is 22.7 Å². The molecule has 0 fully saturated rings. The summed E-state index contributed by atoms with van der Waals surface area (Å²) in [5.74, 6) is -0.817. The van der Waals surface area contributed by atoms with Crippen molar-refractivity contribution in [1.82, 2.24) is 19.3 Å². The summed E-state index contributed by atoms with van der Waals surface area (Å²) in [6.45, 7) is 1.96. The smallest absolute Gasteiger partial charge is 0.408 e. The Hall–Kier alpha value is -3.35. The number of pyridine rings is 1. The first kappa shape index (κ1) is 15.2. The Morgan fingerprint density at radius 1 is 1.24 bits per heavy atom. The lowest BCUT2D eigenvalue weighted by Crippen LogP contribution is -2.34. The number of carbonyl (C=O) groups is 1. The predicted molar refractivity (Wildman–Crippen MR) is 92.2 cm³/mol. The number of hydrogen-bond acceptors (Lipinski definition) is 4. The minimum Gasteiger partial charge on any atom is -0.408 e. The Morgan fingerprint density at radius 2 is 2.04 bits per heavy atom. The number of hydrogen-bond donors (Lipinski definition) is 1. The zero-order valence-electron chi connectivity index (χ0n) is 13.5. The highest BCUT2D eigenvalue weighted by Crippen LogP contribution is 2.16. The molecule has 4 rings (SSSR count). The van der Waals surface area contributed by atoms with Gasteiger partial charge in [0.15, 0.2) is 5.58 Å². The second-order valence-electron chi connectivity index (χ2n) is 5.80. The number of fused-ring (bicyclic) bond motifs is 2. The average Bonchev–Trinajstić information content (AvgIpc) is 3.18. The van der Waals surface area contributed by atoms with Gasteiger partial charge in [0.25, 0.3) is 0 Å². The van der Waals surface area contributed by atoms with Crippen LogP contribution in [0.15, 0.2) is 64.1 Å². The van der Waals surface area contributed by atoms with E-state index in [1.807, 2.05) is 35.0 Å². The average molecular weight is 336 g/mol. The topological polar surface area (TPSA) is 81.5 Å². The lowest BCUT2D eigenvalue weighted by atomic mass is 10.2. The largest absolute Gasteiger partial charge is 0.420 e. The van der Waals surface area contributed by atoms with Crippen LogP contribution in [0, 0.1) is 0 Å². The maximum atomic E-state index is 12.5. The van der Waals surface area contributed by atoms with E-state index in [0.29, 0.717) is 11.1 Å². The van der Waals surface area contributed by atoms with Gasteiger partial charge in [-0.15, -0.1) is 0 Å². The summed E-state index contributed by atoms with van der Waals surface area (Å²) in [5.41, 5.74) is 2.63. The maximum absolute atomic E-state index is 12.5. The van der Waals surface area contributed by atoms with Crippen molar-refractivity contribution in [3.8, 4) is 0 Å². The molecule has 0 aliphatic heterocycles. The maximum Gasteiger partial charge on any atom is 0.420 e. The number of aromatic nitrogens is 3. The van der Waals surface area contributed by atoms with Crippen molar-refractivity contribution in [2.24, 2.45) is 0 Å². The fraction of sp³-hybridized carbons (Fsp3) is 0.167. The minimum absolute atomic E-state index is 0.272. The van der Waals surface area contributed by atoms with Gasteiger partial charge in [0, 0.05) is 12.4 Å². The first-order chi connectivity index (χ1) is 12.1. The molecule has 0 radical (unpaired) electrons. The van der Waals surface area contributed by atoms with E-state index in [0.717, 1.165) is 11.3 Å². The number of oxazole rings is 1. The number of amides is 1. The van der Waals surface area contributed by atoms with E-state index < -0.39 is 11.8 Å². The van der Waals surface area contributed by atoms with Crippen molar-refractivity contribution in [3.05, 3.63) is 71.1 Å². The van der Waals surface area contributed by atoms with Crippen LogP contribution < -0.4 is 11.1 Å². The normalized spacial score (nSPS) is 12.5. The summed E-state index contributed by atoms with van der Waals surface area (Å²) in [6, 6.07) is 12.1. The molecule has 1 N–H and O–H groups in total. The van der Waals surface area contributed by atoms with Gasteiger partial charge in [-0.3, -0.25) is 9.36 Å². The third-order valence-corrected chi connectivity index (χ3v) is 4.14. The summed E-state index contributed by atoms with van der Waals surface area (Å²) >= 11 is 0. The number of rotatable bonds is 4. The lowest BCUT2D eigenvalue weighted by Gasteiger charge is -2.12. The molecule has 126 valence electrons. The molecule has 0 aliphatic carbocycles. The quantitative estimate of drug-likeness (QED) is 0.619. The number of para-hydroxylation sites is 2. The number of nitrogens with zero attached hydrogens (tertiary/aromatic N) is 3. The van der Waals surface area contributed by atoms with Gasteiger partial charge in [0.1, 0.15) is 11.7 Å². The number of nitrogens with one attached hydrogen (secondary N) is 1. The summed E-state index contributed by atoms with van der Waals surface area (Å²) in [6.07, 6.45) is 3.76.